The number of carbonyl (C=O) groups excluding carboxylic acids is 2. The molecule has 0 bridgehead atoms. The number of nitrogens with zero attached hydrogens (tertiary/aromatic N) is 1. The van der Waals surface area contributed by atoms with Crippen LogP contribution < -0.4 is 0 Å². The van der Waals surface area contributed by atoms with Gasteiger partial charge in [-0.15, -0.1) is 11.8 Å². The van der Waals surface area contributed by atoms with Gasteiger partial charge in [-0.3, -0.25) is 14.5 Å². The average molecular weight is 414 g/mol. The van der Waals surface area contributed by atoms with Crippen LogP contribution in [0.1, 0.15) is 24.0 Å². The summed E-state index contributed by atoms with van der Waals surface area (Å²) in [5.41, 5.74) is 2.28. The van der Waals surface area contributed by atoms with Crippen molar-refractivity contribution in [2.75, 3.05) is 13.2 Å². The first-order chi connectivity index (χ1) is 13.6. The number of amides is 2. The van der Waals surface area contributed by atoms with Crippen LogP contribution in [0, 0.1) is 0 Å². The number of imide groups is 1. The molecule has 4 nitrogen and oxygen atoms in total. The molecule has 1 unspecified atom stereocenters. The summed E-state index contributed by atoms with van der Waals surface area (Å²) in [6, 6.07) is 17.0. The molecule has 144 valence electrons. The Balaban J connectivity index is 1.63. The molecule has 2 aliphatic rings. The smallest absolute Gasteiger partial charge is 0.268 e. The third-order valence-corrected chi connectivity index (χ3v) is 6.29. The molecular formula is C22H20ClNO3S. The topological polar surface area (TPSA) is 46.6 Å². The zero-order valence-corrected chi connectivity index (χ0v) is 16.8. The number of ether oxygens (including phenoxy) is 1. The van der Waals surface area contributed by atoms with Gasteiger partial charge in [-0.05, 0) is 36.1 Å². The minimum absolute atomic E-state index is 0.0714. The molecule has 0 radical (unpaired) electrons. The number of thioether (sulfide) groups is 1. The molecule has 2 aromatic rings. The molecule has 28 heavy (non-hydrogen) atoms. The second-order valence-electron chi connectivity index (χ2n) is 6.84. The molecule has 1 atom stereocenters. The van der Waals surface area contributed by atoms with E-state index < -0.39 is 0 Å². The zero-order chi connectivity index (χ0) is 19.5. The molecule has 0 N–H and O–H groups in total. The maximum Gasteiger partial charge on any atom is 0.268 e. The number of hydrogen-bond acceptors (Lipinski definition) is 4. The maximum absolute atomic E-state index is 13.2. The summed E-state index contributed by atoms with van der Waals surface area (Å²) >= 11 is 7.41. The van der Waals surface area contributed by atoms with Crippen LogP contribution >= 0.6 is 23.4 Å². The van der Waals surface area contributed by atoms with Crippen molar-refractivity contribution in [3.05, 3.63) is 75.7 Å². The predicted octanol–water partition coefficient (Wildman–Crippen LogP) is 4.53. The molecule has 1 saturated heterocycles. The summed E-state index contributed by atoms with van der Waals surface area (Å²) in [5, 5.41) is 0.593. The molecule has 0 spiro atoms. The minimum Gasteiger partial charge on any atom is -0.376 e. The van der Waals surface area contributed by atoms with Gasteiger partial charge >= 0.3 is 0 Å². The Bertz CT molecular complexity index is 905. The summed E-state index contributed by atoms with van der Waals surface area (Å²) in [6.07, 6.45) is 1.77. The highest BCUT2D eigenvalue weighted by Crippen LogP contribution is 2.38. The standard InChI is InChI=1S/C22H20ClNO3S/c23-17-10-8-16(9-11-17)19-20(28-14-15-5-2-1-3-6-15)22(26)24(21(19)25)13-18-7-4-12-27-18/h1-3,5-6,8-11,18H,4,7,12-14H2. The van der Waals surface area contributed by atoms with Crippen LogP contribution in [-0.2, 0) is 20.1 Å². The molecule has 2 heterocycles. The van der Waals surface area contributed by atoms with Crippen molar-refractivity contribution < 1.29 is 14.3 Å². The van der Waals surface area contributed by atoms with E-state index in [0.717, 1.165) is 18.4 Å². The molecule has 2 aliphatic heterocycles. The summed E-state index contributed by atoms with van der Waals surface area (Å²) in [5.74, 6) is 0.143. The molecule has 0 aromatic heterocycles. The molecule has 6 heteroatoms. The Morgan fingerprint density at radius 3 is 2.46 bits per heavy atom. The lowest BCUT2D eigenvalue weighted by atomic mass is 10.1. The van der Waals surface area contributed by atoms with E-state index in [9.17, 15) is 9.59 Å². The van der Waals surface area contributed by atoms with E-state index in [1.807, 2.05) is 30.3 Å². The lowest BCUT2D eigenvalue weighted by molar-refractivity contribution is -0.138. The van der Waals surface area contributed by atoms with Gasteiger partial charge in [0.1, 0.15) is 0 Å². The van der Waals surface area contributed by atoms with Crippen molar-refractivity contribution in [1.82, 2.24) is 4.90 Å². The SMILES string of the molecule is O=C1C(SCc2ccccc2)=C(c2ccc(Cl)cc2)C(=O)N1CC1CCCO1. The van der Waals surface area contributed by atoms with Crippen molar-refractivity contribution in [2.24, 2.45) is 0 Å². The molecule has 0 saturated carbocycles. The first kappa shape index (κ1) is 19.2. The second-order valence-corrected chi connectivity index (χ2v) is 8.26. The summed E-state index contributed by atoms with van der Waals surface area (Å²) in [4.78, 5) is 28.1. The Kier molecular flexibility index (Phi) is 5.85. The zero-order valence-electron chi connectivity index (χ0n) is 15.3. The van der Waals surface area contributed by atoms with Crippen LogP contribution in [0.5, 0.6) is 0 Å². The Labute approximate surface area is 173 Å². The highest BCUT2D eigenvalue weighted by atomic mass is 35.5. The van der Waals surface area contributed by atoms with Crippen molar-refractivity contribution in [1.29, 1.82) is 0 Å². The van der Waals surface area contributed by atoms with E-state index in [1.54, 1.807) is 24.3 Å². The third-order valence-electron chi connectivity index (χ3n) is 4.89. The minimum atomic E-state index is -0.251. The van der Waals surface area contributed by atoms with Gasteiger partial charge < -0.3 is 4.74 Å². The molecule has 0 aliphatic carbocycles. The summed E-state index contributed by atoms with van der Waals surface area (Å²) in [6.45, 7) is 0.998. The number of hydrogen-bond donors (Lipinski definition) is 0. The van der Waals surface area contributed by atoms with Gasteiger partial charge in [-0.1, -0.05) is 54.1 Å². The van der Waals surface area contributed by atoms with Gasteiger partial charge in [0.05, 0.1) is 23.1 Å². The van der Waals surface area contributed by atoms with Crippen LogP contribution in [0.4, 0.5) is 0 Å². The van der Waals surface area contributed by atoms with Gasteiger partial charge in [0, 0.05) is 17.4 Å². The first-order valence-corrected chi connectivity index (χ1v) is 10.6. The lowest BCUT2D eigenvalue weighted by Gasteiger charge is -2.19. The summed E-state index contributed by atoms with van der Waals surface area (Å²) in [7, 11) is 0. The van der Waals surface area contributed by atoms with Crippen LogP contribution in [0.2, 0.25) is 5.02 Å². The highest BCUT2D eigenvalue weighted by molar-refractivity contribution is 8.03. The maximum atomic E-state index is 13.2. The predicted molar refractivity (Wildman–Crippen MR) is 112 cm³/mol. The molecule has 2 aromatic carbocycles. The van der Waals surface area contributed by atoms with Crippen LogP contribution in [0.15, 0.2) is 59.5 Å². The molecular weight excluding hydrogens is 394 g/mol. The molecule has 4 rings (SSSR count). The largest absolute Gasteiger partial charge is 0.376 e. The number of benzene rings is 2. The van der Waals surface area contributed by atoms with Crippen LogP contribution in [-0.4, -0.2) is 36.0 Å². The fourth-order valence-electron chi connectivity index (χ4n) is 3.45. The highest BCUT2D eigenvalue weighted by Gasteiger charge is 2.40. The van der Waals surface area contributed by atoms with E-state index in [-0.39, 0.29) is 17.9 Å². The number of carbonyl (C=O) groups is 2. The Morgan fingerprint density at radius 2 is 1.79 bits per heavy atom. The summed E-state index contributed by atoms with van der Waals surface area (Å²) < 4.78 is 5.64. The number of halogens is 1. The fourth-order valence-corrected chi connectivity index (χ4v) is 4.66. The Hall–Kier alpha value is -2.08. The first-order valence-electron chi connectivity index (χ1n) is 9.28. The third kappa shape index (κ3) is 4.02. The van der Waals surface area contributed by atoms with E-state index in [4.69, 9.17) is 16.3 Å². The van der Waals surface area contributed by atoms with Crippen LogP contribution in [0.3, 0.4) is 0 Å². The van der Waals surface area contributed by atoms with E-state index >= 15 is 0 Å². The second kappa shape index (κ2) is 8.52. The lowest BCUT2D eigenvalue weighted by Crippen LogP contribution is -2.37. The molecule has 1 fully saturated rings. The van der Waals surface area contributed by atoms with Crippen molar-refractivity contribution >= 4 is 40.8 Å². The van der Waals surface area contributed by atoms with Crippen molar-refractivity contribution in [3.8, 4) is 0 Å². The van der Waals surface area contributed by atoms with Gasteiger partial charge in [0.25, 0.3) is 11.8 Å². The van der Waals surface area contributed by atoms with Crippen LogP contribution in [0.25, 0.3) is 5.57 Å². The van der Waals surface area contributed by atoms with Gasteiger partial charge in [0.15, 0.2) is 0 Å². The van der Waals surface area contributed by atoms with Gasteiger partial charge in [0.2, 0.25) is 0 Å². The van der Waals surface area contributed by atoms with E-state index in [2.05, 4.69) is 0 Å². The number of rotatable bonds is 6. The van der Waals surface area contributed by atoms with E-state index in [0.29, 0.717) is 40.0 Å². The average Bonchev–Trinajstić information content (AvgIpc) is 3.30. The van der Waals surface area contributed by atoms with E-state index in [1.165, 1.54) is 16.7 Å². The monoisotopic (exact) mass is 413 g/mol. The quantitative estimate of drug-likeness (QED) is 0.652. The Morgan fingerprint density at radius 1 is 1.04 bits per heavy atom. The normalized spacial score (nSPS) is 19.8. The van der Waals surface area contributed by atoms with Gasteiger partial charge in [-0.25, -0.2) is 0 Å². The molecule has 2 amide bonds. The fraction of sp³-hybridized carbons (Fsp3) is 0.273. The van der Waals surface area contributed by atoms with Crippen molar-refractivity contribution in [2.45, 2.75) is 24.7 Å². The van der Waals surface area contributed by atoms with Gasteiger partial charge in [-0.2, -0.15) is 0 Å². The van der Waals surface area contributed by atoms with Crippen molar-refractivity contribution in [3.63, 3.8) is 0 Å².